The molecule has 0 bridgehead atoms. The number of ketones is 1. The van der Waals surface area contributed by atoms with E-state index in [1.54, 1.807) is 12.1 Å². The average Bonchev–Trinajstić information content (AvgIpc) is 2.93. The van der Waals surface area contributed by atoms with Gasteiger partial charge in [0.2, 0.25) is 10.0 Å². The normalized spacial score (nSPS) is 12.5. The maximum atomic E-state index is 13.5. The van der Waals surface area contributed by atoms with Gasteiger partial charge in [-0.05, 0) is 61.2 Å². The van der Waals surface area contributed by atoms with Crippen LogP contribution in [0, 0.1) is 0 Å². The zero-order valence-electron chi connectivity index (χ0n) is 21.8. The Kier molecular flexibility index (Phi) is 11.0. The number of nitrogens with zero attached hydrogens (tertiary/aromatic N) is 1. The maximum absolute atomic E-state index is 13.5. The van der Waals surface area contributed by atoms with Crippen molar-refractivity contribution in [1.29, 1.82) is 0 Å². The van der Waals surface area contributed by atoms with Gasteiger partial charge in [0.25, 0.3) is 0 Å². The third-order valence-electron chi connectivity index (χ3n) is 6.65. The van der Waals surface area contributed by atoms with E-state index in [-0.39, 0.29) is 18.1 Å². The van der Waals surface area contributed by atoms with Gasteiger partial charge in [0.15, 0.2) is 5.78 Å². The molecule has 6 nitrogen and oxygen atoms in total. The summed E-state index contributed by atoms with van der Waals surface area (Å²) in [6.07, 6.45) is 1.46. The van der Waals surface area contributed by atoms with Gasteiger partial charge in [-0.2, -0.15) is 0 Å². The van der Waals surface area contributed by atoms with Crippen molar-refractivity contribution in [3.05, 3.63) is 95.6 Å². The topological polar surface area (TPSA) is 86.7 Å². The summed E-state index contributed by atoms with van der Waals surface area (Å²) >= 11 is 0. The number of Topliss-reactive ketones (excluding diaryl/α,β-unsaturated/α-hetero) is 1. The van der Waals surface area contributed by atoms with E-state index in [0.29, 0.717) is 31.4 Å². The molecule has 3 aromatic rings. The highest BCUT2D eigenvalue weighted by molar-refractivity contribution is 7.89. The fourth-order valence-electron chi connectivity index (χ4n) is 4.45. The molecule has 3 aromatic carbocycles. The van der Waals surface area contributed by atoms with Crippen LogP contribution in [0.1, 0.15) is 48.2 Å². The van der Waals surface area contributed by atoms with Crippen molar-refractivity contribution in [2.24, 2.45) is 0 Å². The number of aliphatic hydroxyl groups excluding tert-OH is 1. The van der Waals surface area contributed by atoms with E-state index in [9.17, 15) is 18.3 Å². The molecule has 0 fully saturated rings. The molecule has 0 saturated heterocycles. The average molecular weight is 523 g/mol. The Labute approximate surface area is 221 Å². The van der Waals surface area contributed by atoms with Crippen molar-refractivity contribution in [2.75, 3.05) is 25.4 Å². The van der Waals surface area contributed by atoms with Crippen LogP contribution in [0.4, 0.5) is 0 Å². The number of nitrogens with one attached hydrogen (secondary N) is 1. The minimum absolute atomic E-state index is 0.0184. The number of aliphatic hydroxyl groups is 1. The lowest BCUT2D eigenvalue weighted by Gasteiger charge is -2.20. The van der Waals surface area contributed by atoms with Crippen LogP contribution in [0.2, 0.25) is 0 Å². The van der Waals surface area contributed by atoms with Gasteiger partial charge in [-0.25, -0.2) is 13.1 Å². The Morgan fingerprint density at radius 1 is 0.919 bits per heavy atom. The molecule has 0 aromatic heterocycles. The first kappa shape index (κ1) is 28.7. The zero-order valence-corrected chi connectivity index (χ0v) is 22.6. The Bertz CT molecular complexity index is 1220. The number of hydrogen-bond donors (Lipinski definition) is 2. The highest BCUT2D eigenvalue weighted by Gasteiger charge is 2.25. The molecular weight excluding hydrogens is 484 g/mol. The summed E-state index contributed by atoms with van der Waals surface area (Å²) in [5, 5.41) is 9.65. The Morgan fingerprint density at radius 2 is 1.57 bits per heavy atom. The van der Waals surface area contributed by atoms with E-state index in [0.717, 1.165) is 35.3 Å². The van der Waals surface area contributed by atoms with Crippen LogP contribution in [0.25, 0.3) is 11.1 Å². The third-order valence-corrected chi connectivity index (χ3v) is 8.12. The number of carbonyl (C=O) groups excluding carboxylic acids is 1. The minimum atomic E-state index is -3.64. The molecule has 7 heteroatoms. The quantitative estimate of drug-likeness (QED) is 0.283. The van der Waals surface area contributed by atoms with E-state index in [4.69, 9.17) is 0 Å². The van der Waals surface area contributed by atoms with Gasteiger partial charge in [-0.3, -0.25) is 4.79 Å². The SMILES string of the molecule is CCN(CC)CCCS(=O)(=O)NC(CCc1ccccc1)C(=O)c1ccc(-c2ccccc2CO)cc1. The first-order valence-corrected chi connectivity index (χ1v) is 14.6. The number of rotatable bonds is 15. The summed E-state index contributed by atoms with van der Waals surface area (Å²) in [6, 6.07) is 23.6. The van der Waals surface area contributed by atoms with Gasteiger partial charge in [0.1, 0.15) is 0 Å². The van der Waals surface area contributed by atoms with Crippen molar-refractivity contribution in [1.82, 2.24) is 9.62 Å². The second-order valence-electron chi connectivity index (χ2n) is 9.15. The number of aryl methyl sites for hydroxylation is 1. The van der Waals surface area contributed by atoms with Crippen LogP contribution in [-0.4, -0.2) is 55.6 Å². The zero-order chi connectivity index (χ0) is 26.7. The largest absolute Gasteiger partial charge is 0.392 e. The van der Waals surface area contributed by atoms with Gasteiger partial charge in [-0.15, -0.1) is 0 Å². The van der Waals surface area contributed by atoms with Crippen molar-refractivity contribution in [2.45, 2.75) is 45.8 Å². The van der Waals surface area contributed by atoms with Gasteiger partial charge in [0.05, 0.1) is 18.4 Å². The molecule has 0 amide bonds. The van der Waals surface area contributed by atoms with Crippen LogP contribution >= 0.6 is 0 Å². The van der Waals surface area contributed by atoms with Crippen molar-refractivity contribution in [3.8, 4) is 11.1 Å². The lowest BCUT2D eigenvalue weighted by molar-refractivity contribution is 0.0949. The van der Waals surface area contributed by atoms with Crippen molar-refractivity contribution in [3.63, 3.8) is 0 Å². The first-order valence-electron chi connectivity index (χ1n) is 13.0. The van der Waals surface area contributed by atoms with Crippen LogP contribution < -0.4 is 4.72 Å². The van der Waals surface area contributed by atoms with Crippen LogP contribution in [0.15, 0.2) is 78.9 Å². The molecule has 1 unspecified atom stereocenters. The maximum Gasteiger partial charge on any atom is 0.212 e. The van der Waals surface area contributed by atoms with E-state index >= 15 is 0 Å². The third kappa shape index (κ3) is 8.61. The summed E-state index contributed by atoms with van der Waals surface area (Å²) in [4.78, 5) is 15.7. The number of carbonyl (C=O) groups is 1. The predicted molar refractivity (Wildman–Crippen MR) is 150 cm³/mol. The molecule has 1 atom stereocenters. The molecule has 0 saturated carbocycles. The van der Waals surface area contributed by atoms with Gasteiger partial charge < -0.3 is 10.0 Å². The standard InChI is InChI=1S/C30H38N2O4S/c1-3-32(4-2)21-10-22-37(35,36)31-29(20-15-24-11-6-5-7-12-24)30(34)26-18-16-25(17-19-26)28-14-9-8-13-27(28)23-33/h5-9,11-14,16-19,29,31,33H,3-4,10,15,20-23H2,1-2H3. The van der Waals surface area contributed by atoms with Crippen LogP contribution in [0.3, 0.4) is 0 Å². The lowest BCUT2D eigenvalue weighted by Crippen LogP contribution is -2.42. The highest BCUT2D eigenvalue weighted by Crippen LogP contribution is 2.25. The van der Waals surface area contributed by atoms with Gasteiger partial charge in [-0.1, -0.05) is 92.7 Å². The molecule has 2 N–H and O–H groups in total. The van der Waals surface area contributed by atoms with E-state index in [2.05, 4.69) is 23.5 Å². The van der Waals surface area contributed by atoms with Crippen LogP contribution in [0.5, 0.6) is 0 Å². The molecule has 0 aliphatic rings. The molecule has 0 spiro atoms. The number of sulfonamides is 1. The summed E-state index contributed by atoms with van der Waals surface area (Å²) in [7, 11) is -3.64. The fourth-order valence-corrected chi connectivity index (χ4v) is 5.73. The minimum Gasteiger partial charge on any atom is -0.392 e. The summed E-state index contributed by atoms with van der Waals surface area (Å²) < 4.78 is 28.6. The van der Waals surface area contributed by atoms with E-state index < -0.39 is 16.1 Å². The van der Waals surface area contributed by atoms with E-state index in [1.807, 2.05) is 66.7 Å². The smallest absolute Gasteiger partial charge is 0.212 e. The molecule has 37 heavy (non-hydrogen) atoms. The summed E-state index contributed by atoms with van der Waals surface area (Å²) in [6.45, 7) is 6.49. The second kappa shape index (κ2) is 14.2. The Hall–Kier alpha value is -2.84. The van der Waals surface area contributed by atoms with Crippen molar-refractivity contribution >= 4 is 15.8 Å². The van der Waals surface area contributed by atoms with Gasteiger partial charge in [0, 0.05) is 5.56 Å². The molecule has 3 rings (SSSR count). The highest BCUT2D eigenvalue weighted by atomic mass is 32.2. The Balaban J connectivity index is 1.77. The number of hydrogen-bond acceptors (Lipinski definition) is 5. The van der Waals surface area contributed by atoms with Crippen molar-refractivity contribution < 1.29 is 18.3 Å². The molecule has 0 radical (unpaired) electrons. The molecular formula is C30H38N2O4S. The second-order valence-corrected chi connectivity index (χ2v) is 11.0. The van der Waals surface area contributed by atoms with Gasteiger partial charge >= 0.3 is 0 Å². The molecule has 0 aliphatic heterocycles. The molecule has 0 heterocycles. The lowest BCUT2D eigenvalue weighted by atomic mass is 9.95. The summed E-state index contributed by atoms with van der Waals surface area (Å²) in [5.41, 5.74) is 4.10. The van der Waals surface area contributed by atoms with E-state index in [1.165, 1.54) is 0 Å². The first-order chi connectivity index (χ1) is 17.9. The molecule has 0 aliphatic carbocycles. The number of benzene rings is 3. The van der Waals surface area contributed by atoms with Crippen LogP contribution in [-0.2, 0) is 23.1 Å². The predicted octanol–water partition coefficient (Wildman–Crippen LogP) is 4.68. The Morgan fingerprint density at radius 3 is 2.22 bits per heavy atom. The fraction of sp³-hybridized carbons (Fsp3) is 0.367. The monoisotopic (exact) mass is 522 g/mol. The summed E-state index contributed by atoms with van der Waals surface area (Å²) in [5.74, 6) is -0.264. The molecule has 198 valence electrons.